The zero-order chi connectivity index (χ0) is 17.2. The van der Waals surface area contributed by atoms with Gasteiger partial charge in [-0.2, -0.15) is 0 Å². The smallest absolute Gasteiger partial charge is 0.275 e. The summed E-state index contributed by atoms with van der Waals surface area (Å²) in [4.78, 5) is 16.5. The van der Waals surface area contributed by atoms with Crippen LogP contribution in [0.1, 0.15) is 11.1 Å². The maximum absolute atomic E-state index is 13.0. The van der Waals surface area contributed by atoms with E-state index in [1.807, 2.05) is 18.2 Å². The van der Waals surface area contributed by atoms with E-state index in [-0.39, 0.29) is 11.7 Å². The number of amidine groups is 1. The molecule has 0 unspecified atom stereocenters. The second kappa shape index (κ2) is 6.39. The predicted molar refractivity (Wildman–Crippen MR) is 91.1 cm³/mol. The summed E-state index contributed by atoms with van der Waals surface area (Å²) in [5.41, 5.74) is 2.01. The van der Waals surface area contributed by atoms with Gasteiger partial charge in [0.1, 0.15) is 30.6 Å². The molecule has 2 aromatic carbocycles. The largest absolute Gasteiger partial charge is 0.486 e. The zero-order valence-electron chi connectivity index (χ0n) is 13.3. The number of hydrogen-bond acceptors (Lipinski definition) is 4. The van der Waals surface area contributed by atoms with Crippen molar-refractivity contribution in [1.29, 1.82) is 0 Å². The van der Waals surface area contributed by atoms with E-state index >= 15 is 0 Å². The molecule has 2 aliphatic rings. The van der Waals surface area contributed by atoms with Crippen LogP contribution in [0.4, 0.5) is 4.39 Å². The Kier molecular flexibility index (Phi) is 3.93. The molecular weight excluding hydrogens is 323 g/mol. The summed E-state index contributed by atoms with van der Waals surface area (Å²) in [6.07, 6.45) is 2.13. The van der Waals surface area contributed by atoms with E-state index in [9.17, 15) is 9.18 Å². The van der Waals surface area contributed by atoms with Crippen molar-refractivity contribution in [2.45, 2.75) is 6.42 Å². The highest BCUT2D eigenvalue weighted by Gasteiger charge is 2.20. The number of rotatable bonds is 3. The highest BCUT2D eigenvalue weighted by Crippen LogP contribution is 2.31. The van der Waals surface area contributed by atoms with Crippen molar-refractivity contribution < 1.29 is 18.7 Å². The molecule has 0 fully saturated rings. The molecule has 0 spiro atoms. The molecule has 2 aromatic rings. The minimum atomic E-state index is -0.291. The molecule has 0 atom stereocenters. The Morgan fingerprint density at radius 2 is 1.84 bits per heavy atom. The van der Waals surface area contributed by atoms with Gasteiger partial charge in [0.05, 0.1) is 0 Å². The van der Waals surface area contributed by atoms with Crippen LogP contribution in [0.3, 0.4) is 0 Å². The Labute approximate surface area is 143 Å². The van der Waals surface area contributed by atoms with Crippen LogP contribution in [-0.2, 0) is 11.2 Å². The Morgan fingerprint density at radius 1 is 1.08 bits per heavy atom. The first-order valence-corrected chi connectivity index (χ1v) is 7.92. The number of carbonyl (C=O) groups excluding carboxylic acids is 1. The highest BCUT2D eigenvalue weighted by molar-refractivity contribution is 6.14. The molecule has 126 valence electrons. The lowest BCUT2D eigenvalue weighted by Gasteiger charge is -2.18. The Bertz CT molecular complexity index is 888. The summed E-state index contributed by atoms with van der Waals surface area (Å²) in [6.45, 7) is 1.04. The van der Waals surface area contributed by atoms with E-state index in [4.69, 9.17) is 9.47 Å². The van der Waals surface area contributed by atoms with Gasteiger partial charge < -0.3 is 14.8 Å². The molecule has 2 aliphatic heterocycles. The summed E-state index contributed by atoms with van der Waals surface area (Å²) in [5.74, 6) is 1.35. The van der Waals surface area contributed by atoms with Crippen LogP contribution in [-0.4, -0.2) is 25.0 Å². The maximum Gasteiger partial charge on any atom is 0.275 e. The van der Waals surface area contributed by atoms with E-state index < -0.39 is 0 Å². The summed E-state index contributed by atoms with van der Waals surface area (Å²) in [7, 11) is 0. The third-order valence-electron chi connectivity index (χ3n) is 3.90. The number of nitrogens with zero attached hydrogens (tertiary/aromatic N) is 1. The molecule has 2 heterocycles. The Balaban J connectivity index is 1.55. The van der Waals surface area contributed by atoms with Gasteiger partial charge in [0.25, 0.3) is 5.91 Å². The van der Waals surface area contributed by atoms with Crippen LogP contribution in [0.2, 0.25) is 0 Å². The van der Waals surface area contributed by atoms with Gasteiger partial charge in [0.15, 0.2) is 11.5 Å². The lowest BCUT2D eigenvalue weighted by molar-refractivity contribution is -0.115. The fraction of sp³-hybridized carbons (Fsp3) is 0.158. The molecule has 0 saturated heterocycles. The normalized spacial score (nSPS) is 17.4. The monoisotopic (exact) mass is 338 g/mol. The van der Waals surface area contributed by atoms with Crippen LogP contribution >= 0.6 is 0 Å². The summed E-state index contributed by atoms with van der Waals surface area (Å²) >= 11 is 0. The van der Waals surface area contributed by atoms with Gasteiger partial charge in [-0.15, -0.1) is 0 Å². The van der Waals surface area contributed by atoms with Gasteiger partial charge in [-0.3, -0.25) is 4.79 Å². The van der Waals surface area contributed by atoms with Gasteiger partial charge >= 0.3 is 0 Å². The summed E-state index contributed by atoms with van der Waals surface area (Å²) in [5, 5.41) is 2.74. The maximum atomic E-state index is 13.0. The van der Waals surface area contributed by atoms with Crippen molar-refractivity contribution in [2.24, 2.45) is 4.99 Å². The van der Waals surface area contributed by atoms with Crippen molar-refractivity contribution in [2.75, 3.05) is 13.2 Å². The van der Waals surface area contributed by atoms with Crippen molar-refractivity contribution in [1.82, 2.24) is 5.32 Å². The van der Waals surface area contributed by atoms with E-state index in [2.05, 4.69) is 10.3 Å². The van der Waals surface area contributed by atoms with Crippen molar-refractivity contribution >= 4 is 17.8 Å². The van der Waals surface area contributed by atoms with Crippen LogP contribution in [0.25, 0.3) is 6.08 Å². The van der Waals surface area contributed by atoms with Crippen LogP contribution in [0, 0.1) is 5.82 Å². The number of ether oxygens (including phenoxy) is 2. The van der Waals surface area contributed by atoms with Gasteiger partial charge in [0, 0.05) is 6.42 Å². The second-order valence-electron chi connectivity index (χ2n) is 5.75. The Hall–Kier alpha value is -3.15. The average molecular weight is 338 g/mol. The van der Waals surface area contributed by atoms with E-state index in [1.165, 1.54) is 12.1 Å². The molecule has 0 radical (unpaired) electrons. The van der Waals surface area contributed by atoms with Gasteiger partial charge in [-0.05, 0) is 41.5 Å². The fourth-order valence-electron chi connectivity index (χ4n) is 2.70. The number of amides is 1. The topological polar surface area (TPSA) is 59.9 Å². The molecule has 1 N–H and O–H groups in total. The van der Waals surface area contributed by atoms with Crippen LogP contribution in [0.15, 0.2) is 53.2 Å². The standard InChI is InChI=1S/C19H15FN2O3/c20-14-4-1-12(2-5-14)11-18-21-15(19(23)22-18)9-13-3-6-16-17(10-13)25-8-7-24-16/h1-6,9-10H,7-8,11H2,(H,21,22,23)/b15-9+. The number of halogens is 1. The first-order valence-electron chi connectivity index (χ1n) is 7.92. The third-order valence-corrected chi connectivity index (χ3v) is 3.90. The SMILES string of the molecule is O=C1NC(Cc2ccc(F)cc2)=N/C1=C/c1ccc2c(c1)OCCO2. The van der Waals surface area contributed by atoms with Gasteiger partial charge in [-0.25, -0.2) is 9.38 Å². The quantitative estimate of drug-likeness (QED) is 0.876. The molecule has 1 amide bonds. The summed E-state index contributed by atoms with van der Waals surface area (Å²) < 4.78 is 24.0. The van der Waals surface area contributed by atoms with Crippen molar-refractivity contribution in [3.8, 4) is 11.5 Å². The number of nitrogens with one attached hydrogen (secondary N) is 1. The second-order valence-corrected chi connectivity index (χ2v) is 5.75. The van der Waals surface area contributed by atoms with Crippen LogP contribution < -0.4 is 14.8 Å². The van der Waals surface area contributed by atoms with Crippen molar-refractivity contribution in [3.05, 3.63) is 65.1 Å². The molecule has 6 heteroatoms. The predicted octanol–water partition coefficient (Wildman–Crippen LogP) is 2.71. The van der Waals surface area contributed by atoms with Gasteiger partial charge in [0.2, 0.25) is 0 Å². The highest BCUT2D eigenvalue weighted by atomic mass is 19.1. The lowest BCUT2D eigenvalue weighted by Crippen LogP contribution is -2.25. The van der Waals surface area contributed by atoms with E-state index in [1.54, 1.807) is 18.2 Å². The number of carbonyl (C=O) groups is 1. The molecule has 0 aliphatic carbocycles. The first-order chi connectivity index (χ1) is 12.2. The first kappa shape index (κ1) is 15.4. The number of aliphatic imine (C=N–C) groups is 1. The summed E-state index contributed by atoms with van der Waals surface area (Å²) in [6, 6.07) is 11.6. The number of benzene rings is 2. The Morgan fingerprint density at radius 3 is 2.64 bits per heavy atom. The molecule has 0 saturated carbocycles. The molecular formula is C19H15FN2O3. The van der Waals surface area contributed by atoms with Crippen LogP contribution in [0.5, 0.6) is 11.5 Å². The average Bonchev–Trinajstić information content (AvgIpc) is 2.96. The number of fused-ring (bicyclic) bond motifs is 1. The van der Waals surface area contributed by atoms with Gasteiger partial charge in [-0.1, -0.05) is 18.2 Å². The molecule has 0 aromatic heterocycles. The minimum absolute atomic E-state index is 0.257. The minimum Gasteiger partial charge on any atom is -0.486 e. The lowest BCUT2D eigenvalue weighted by atomic mass is 10.1. The molecule has 5 nitrogen and oxygen atoms in total. The third kappa shape index (κ3) is 3.38. The molecule has 25 heavy (non-hydrogen) atoms. The van der Waals surface area contributed by atoms with Crippen molar-refractivity contribution in [3.63, 3.8) is 0 Å². The van der Waals surface area contributed by atoms with E-state index in [0.717, 1.165) is 11.1 Å². The zero-order valence-corrected chi connectivity index (χ0v) is 13.3. The molecule has 0 bridgehead atoms. The van der Waals surface area contributed by atoms with E-state index in [0.29, 0.717) is 42.7 Å². The molecule has 4 rings (SSSR count). The number of hydrogen-bond donors (Lipinski definition) is 1. The fourth-order valence-corrected chi connectivity index (χ4v) is 2.70.